The normalized spacial score (nSPS) is 11.1. The van der Waals surface area contributed by atoms with Crippen LogP contribution in [-0.2, 0) is 9.53 Å². The predicted molar refractivity (Wildman–Crippen MR) is 62.4 cm³/mol. The molecular weight excluding hydrogens is 223 g/mol. The number of esters is 1. The van der Waals surface area contributed by atoms with E-state index in [-0.39, 0.29) is 18.4 Å². The van der Waals surface area contributed by atoms with Crippen LogP contribution in [0.5, 0.6) is 5.75 Å². The molecule has 94 valence electrons. The maximum atomic E-state index is 13.3. The van der Waals surface area contributed by atoms with Crippen LogP contribution in [0.1, 0.15) is 19.4 Å². The first-order valence-electron chi connectivity index (χ1n) is 5.34. The number of ether oxygens (including phenoxy) is 2. The quantitative estimate of drug-likeness (QED) is 0.759. The van der Waals surface area contributed by atoms with Crippen molar-refractivity contribution >= 4 is 5.97 Å². The van der Waals surface area contributed by atoms with Crippen LogP contribution < -0.4 is 4.74 Å². The van der Waals surface area contributed by atoms with Crippen molar-refractivity contribution in [2.45, 2.75) is 20.8 Å². The average Bonchev–Trinajstić information content (AvgIpc) is 2.29. The molecule has 0 N–H and O–H groups in total. The molecule has 0 spiro atoms. The number of rotatable bonds is 4. The fraction of sp³-hybridized carbons (Fsp3) is 0.462. The zero-order valence-corrected chi connectivity index (χ0v) is 10.5. The lowest BCUT2D eigenvalue weighted by atomic mass is 9.95. The predicted octanol–water partition coefficient (Wildman–Crippen LogP) is 2.71. The van der Waals surface area contributed by atoms with Crippen molar-refractivity contribution in [3.63, 3.8) is 0 Å². The third kappa shape index (κ3) is 3.44. The van der Waals surface area contributed by atoms with Crippen LogP contribution in [0, 0.1) is 18.2 Å². The third-order valence-corrected chi connectivity index (χ3v) is 2.48. The summed E-state index contributed by atoms with van der Waals surface area (Å²) in [6.07, 6.45) is 0. The Kier molecular flexibility index (Phi) is 4.10. The molecule has 4 heteroatoms. The van der Waals surface area contributed by atoms with E-state index in [4.69, 9.17) is 4.74 Å². The van der Waals surface area contributed by atoms with Gasteiger partial charge in [-0.3, -0.25) is 4.79 Å². The first kappa shape index (κ1) is 13.5. The molecule has 1 aromatic carbocycles. The fourth-order valence-corrected chi connectivity index (χ4v) is 1.26. The van der Waals surface area contributed by atoms with E-state index in [1.54, 1.807) is 32.9 Å². The van der Waals surface area contributed by atoms with Crippen molar-refractivity contribution in [2.75, 3.05) is 13.7 Å². The summed E-state index contributed by atoms with van der Waals surface area (Å²) < 4.78 is 23.3. The second-order valence-electron chi connectivity index (χ2n) is 4.58. The van der Waals surface area contributed by atoms with Gasteiger partial charge in [0.1, 0.15) is 18.2 Å². The molecule has 1 rings (SSSR count). The fourth-order valence-electron chi connectivity index (χ4n) is 1.26. The van der Waals surface area contributed by atoms with E-state index in [1.165, 1.54) is 13.2 Å². The molecule has 0 aromatic heterocycles. The van der Waals surface area contributed by atoms with Gasteiger partial charge in [0.2, 0.25) is 0 Å². The summed E-state index contributed by atoms with van der Waals surface area (Å²) in [6.45, 7) is 5.24. The maximum Gasteiger partial charge on any atom is 0.314 e. The third-order valence-electron chi connectivity index (χ3n) is 2.48. The summed E-state index contributed by atoms with van der Waals surface area (Å²) in [4.78, 5) is 11.4. The Morgan fingerprint density at radius 1 is 1.41 bits per heavy atom. The van der Waals surface area contributed by atoms with Gasteiger partial charge in [-0.05, 0) is 32.4 Å². The zero-order chi connectivity index (χ0) is 13.1. The van der Waals surface area contributed by atoms with Gasteiger partial charge in [-0.15, -0.1) is 0 Å². The highest BCUT2D eigenvalue weighted by Crippen LogP contribution is 2.21. The molecule has 0 saturated heterocycles. The van der Waals surface area contributed by atoms with Crippen molar-refractivity contribution in [3.8, 4) is 5.75 Å². The Labute approximate surface area is 101 Å². The molecular formula is C13H17FO3. The molecule has 0 heterocycles. The molecule has 17 heavy (non-hydrogen) atoms. The Morgan fingerprint density at radius 3 is 2.59 bits per heavy atom. The van der Waals surface area contributed by atoms with Crippen LogP contribution in [0.4, 0.5) is 4.39 Å². The van der Waals surface area contributed by atoms with Gasteiger partial charge in [-0.2, -0.15) is 0 Å². The monoisotopic (exact) mass is 240 g/mol. The average molecular weight is 240 g/mol. The van der Waals surface area contributed by atoms with Crippen molar-refractivity contribution in [1.82, 2.24) is 0 Å². The van der Waals surface area contributed by atoms with Crippen molar-refractivity contribution < 1.29 is 18.7 Å². The molecule has 0 radical (unpaired) electrons. The molecule has 0 bridgehead atoms. The maximum absolute atomic E-state index is 13.3. The van der Waals surface area contributed by atoms with E-state index in [9.17, 15) is 9.18 Å². The van der Waals surface area contributed by atoms with Crippen LogP contribution in [0.2, 0.25) is 0 Å². The minimum Gasteiger partial charge on any atom is -0.492 e. The number of carbonyl (C=O) groups excluding carboxylic acids is 1. The van der Waals surface area contributed by atoms with Crippen LogP contribution in [0.15, 0.2) is 18.2 Å². The Balaban J connectivity index is 2.67. The molecule has 0 atom stereocenters. The van der Waals surface area contributed by atoms with E-state index in [0.717, 1.165) is 0 Å². The van der Waals surface area contributed by atoms with Crippen molar-refractivity contribution in [2.24, 2.45) is 5.41 Å². The van der Waals surface area contributed by atoms with Crippen molar-refractivity contribution in [1.29, 1.82) is 0 Å². The second-order valence-corrected chi connectivity index (χ2v) is 4.58. The Bertz CT molecular complexity index is 413. The van der Waals surface area contributed by atoms with Crippen LogP contribution in [-0.4, -0.2) is 19.7 Å². The SMILES string of the molecule is COC(=O)C(C)(C)COc1ccc(C)c(F)c1. The number of hydrogen-bond donors (Lipinski definition) is 0. The largest absolute Gasteiger partial charge is 0.492 e. The molecule has 0 fully saturated rings. The molecule has 0 aliphatic carbocycles. The van der Waals surface area contributed by atoms with Gasteiger partial charge < -0.3 is 9.47 Å². The molecule has 0 amide bonds. The Morgan fingerprint density at radius 2 is 2.06 bits per heavy atom. The van der Waals surface area contributed by atoms with Gasteiger partial charge in [0.15, 0.2) is 0 Å². The number of benzene rings is 1. The lowest BCUT2D eigenvalue weighted by molar-refractivity contribution is -0.152. The summed E-state index contributed by atoms with van der Waals surface area (Å²) in [5, 5.41) is 0. The summed E-state index contributed by atoms with van der Waals surface area (Å²) in [5.74, 6) is -0.270. The van der Waals surface area contributed by atoms with Gasteiger partial charge in [-0.25, -0.2) is 4.39 Å². The minimum atomic E-state index is -0.754. The van der Waals surface area contributed by atoms with E-state index in [1.807, 2.05) is 0 Å². The summed E-state index contributed by atoms with van der Waals surface area (Å²) in [7, 11) is 1.33. The zero-order valence-electron chi connectivity index (χ0n) is 10.5. The van der Waals surface area contributed by atoms with Crippen LogP contribution >= 0.6 is 0 Å². The highest BCUT2D eigenvalue weighted by molar-refractivity contribution is 5.75. The molecule has 1 aromatic rings. The summed E-state index contributed by atoms with van der Waals surface area (Å²) in [6, 6.07) is 4.62. The molecule has 3 nitrogen and oxygen atoms in total. The highest BCUT2D eigenvalue weighted by atomic mass is 19.1. The number of halogens is 1. The van der Waals surface area contributed by atoms with E-state index in [2.05, 4.69) is 4.74 Å². The standard InChI is InChI=1S/C13H17FO3/c1-9-5-6-10(7-11(9)14)17-8-13(2,3)12(15)16-4/h5-7H,8H2,1-4H3. The Hall–Kier alpha value is -1.58. The number of carbonyl (C=O) groups is 1. The van der Waals surface area contributed by atoms with E-state index >= 15 is 0 Å². The van der Waals surface area contributed by atoms with Gasteiger partial charge in [0.05, 0.1) is 12.5 Å². The number of hydrogen-bond acceptors (Lipinski definition) is 3. The minimum absolute atomic E-state index is 0.141. The van der Waals surface area contributed by atoms with Crippen LogP contribution in [0.3, 0.4) is 0 Å². The number of aryl methyl sites for hydroxylation is 1. The number of methoxy groups -OCH3 is 1. The van der Waals surface area contributed by atoms with E-state index < -0.39 is 5.41 Å². The topological polar surface area (TPSA) is 35.5 Å². The van der Waals surface area contributed by atoms with Crippen molar-refractivity contribution in [3.05, 3.63) is 29.6 Å². The summed E-state index contributed by atoms with van der Waals surface area (Å²) in [5.41, 5.74) is -0.194. The lowest BCUT2D eigenvalue weighted by Crippen LogP contribution is -2.32. The summed E-state index contributed by atoms with van der Waals surface area (Å²) >= 11 is 0. The smallest absolute Gasteiger partial charge is 0.314 e. The molecule has 0 aliphatic heterocycles. The second kappa shape index (κ2) is 5.17. The molecule has 0 saturated carbocycles. The van der Waals surface area contributed by atoms with Gasteiger partial charge in [0.25, 0.3) is 0 Å². The molecule has 0 unspecified atom stereocenters. The van der Waals surface area contributed by atoms with Crippen LogP contribution in [0.25, 0.3) is 0 Å². The highest BCUT2D eigenvalue weighted by Gasteiger charge is 2.29. The first-order chi connectivity index (χ1) is 7.86. The van der Waals surface area contributed by atoms with Gasteiger partial charge in [-0.1, -0.05) is 6.07 Å². The van der Waals surface area contributed by atoms with Gasteiger partial charge in [0, 0.05) is 6.07 Å². The van der Waals surface area contributed by atoms with Gasteiger partial charge >= 0.3 is 5.97 Å². The van der Waals surface area contributed by atoms with E-state index in [0.29, 0.717) is 11.3 Å². The molecule has 0 aliphatic rings. The first-order valence-corrected chi connectivity index (χ1v) is 5.34. The lowest BCUT2D eigenvalue weighted by Gasteiger charge is -2.21.